The van der Waals surface area contributed by atoms with E-state index in [9.17, 15) is 5.11 Å². The summed E-state index contributed by atoms with van der Waals surface area (Å²) in [5.41, 5.74) is 6.43. The minimum absolute atomic E-state index is 0.0888. The lowest BCUT2D eigenvalue weighted by Crippen LogP contribution is -2.44. The number of H-pyrrole nitrogens is 1. The van der Waals surface area contributed by atoms with Crippen molar-refractivity contribution in [2.45, 2.75) is 25.8 Å². The number of nitrogens with zero attached hydrogens (tertiary/aromatic N) is 2. The second kappa shape index (κ2) is 7.76. The number of aromatic nitrogens is 2. The Morgan fingerprint density at radius 3 is 2.55 bits per heavy atom. The maximum Gasteiger partial charge on any atom is 0.0878 e. The molecule has 2 aliphatic rings. The van der Waals surface area contributed by atoms with E-state index in [-0.39, 0.29) is 18.1 Å². The highest BCUT2D eigenvalue weighted by atomic mass is 16.3. The van der Waals surface area contributed by atoms with Crippen LogP contribution < -0.4 is 10.2 Å². The van der Waals surface area contributed by atoms with Gasteiger partial charge in [0, 0.05) is 47.7 Å². The Labute approximate surface area is 172 Å². The molecule has 2 unspecified atom stereocenters. The summed E-state index contributed by atoms with van der Waals surface area (Å²) >= 11 is 0. The molecule has 2 aliphatic heterocycles. The van der Waals surface area contributed by atoms with Crippen molar-refractivity contribution >= 4 is 11.4 Å². The third kappa shape index (κ3) is 3.12. The number of aliphatic hydroxyl groups excluding tert-OH is 1. The third-order valence-electron chi connectivity index (χ3n) is 6.02. The molecule has 150 valence electrons. The van der Waals surface area contributed by atoms with E-state index in [4.69, 9.17) is 0 Å². The molecule has 3 aromatic rings. The average Bonchev–Trinajstić information content (AvgIpc) is 3.49. The van der Waals surface area contributed by atoms with Crippen molar-refractivity contribution in [3.8, 4) is 11.1 Å². The molecule has 5 rings (SSSR count). The maximum atomic E-state index is 10.1. The van der Waals surface area contributed by atoms with Crippen molar-refractivity contribution in [1.82, 2.24) is 10.2 Å². The highest BCUT2D eigenvalue weighted by Gasteiger charge is 2.52. The molecule has 1 spiro atoms. The van der Waals surface area contributed by atoms with Crippen LogP contribution in [0.1, 0.15) is 19.4 Å². The van der Waals surface area contributed by atoms with Crippen molar-refractivity contribution in [3.63, 3.8) is 0 Å². The molecule has 5 nitrogen and oxygen atoms in total. The van der Waals surface area contributed by atoms with Crippen LogP contribution in [0.25, 0.3) is 11.1 Å². The van der Waals surface area contributed by atoms with Gasteiger partial charge in [0.1, 0.15) is 0 Å². The highest BCUT2D eigenvalue weighted by Crippen LogP contribution is 2.48. The SMILES string of the molecule is C=C1N(c2ccc(-c3cn[nH]c3)cc2)CC(CO)C12Cc1ccccc1N2.CC. The van der Waals surface area contributed by atoms with Gasteiger partial charge in [-0.3, -0.25) is 5.10 Å². The van der Waals surface area contributed by atoms with E-state index < -0.39 is 0 Å². The summed E-state index contributed by atoms with van der Waals surface area (Å²) in [6.07, 6.45) is 4.57. The van der Waals surface area contributed by atoms with Crippen LogP contribution in [0, 0.1) is 5.92 Å². The fraction of sp³-hybridized carbons (Fsp3) is 0.292. The van der Waals surface area contributed by atoms with Crippen LogP contribution in [0.2, 0.25) is 0 Å². The van der Waals surface area contributed by atoms with E-state index in [1.54, 1.807) is 0 Å². The predicted octanol–water partition coefficient (Wildman–Crippen LogP) is 4.45. The van der Waals surface area contributed by atoms with Gasteiger partial charge in [-0.05, 0) is 29.3 Å². The zero-order valence-electron chi connectivity index (χ0n) is 17.0. The Kier molecular flexibility index (Phi) is 5.16. The average molecular weight is 389 g/mol. The van der Waals surface area contributed by atoms with Crippen molar-refractivity contribution in [2.24, 2.45) is 5.92 Å². The standard InChI is InChI=1S/C22H22N4O.C2H6/c1-15-22(10-17-4-2-3-5-21(17)25-22)19(14-27)13-26(15)20-8-6-16(7-9-20)18-11-23-24-12-18;1-2/h2-9,11-12,19,25,27H,1,10,13-14H2,(H,23,24);1-2H3. The molecule has 0 radical (unpaired) electrons. The van der Waals surface area contributed by atoms with Gasteiger partial charge in [-0.25, -0.2) is 0 Å². The summed E-state index contributed by atoms with van der Waals surface area (Å²) in [6.45, 7) is 9.32. The van der Waals surface area contributed by atoms with Gasteiger partial charge in [-0.2, -0.15) is 5.10 Å². The van der Waals surface area contributed by atoms with Crippen LogP contribution in [-0.4, -0.2) is 34.0 Å². The molecular weight excluding hydrogens is 360 g/mol. The van der Waals surface area contributed by atoms with E-state index in [0.717, 1.165) is 41.2 Å². The maximum absolute atomic E-state index is 10.1. The molecule has 3 heterocycles. The summed E-state index contributed by atoms with van der Waals surface area (Å²) in [6, 6.07) is 16.8. The number of benzene rings is 2. The number of aromatic amines is 1. The van der Waals surface area contributed by atoms with Crippen LogP contribution in [0.3, 0.4) is 0 Å². The summed E-state index contributed by atoms with van der Waals surface area (Å²) in [5.74, 6) is 0.0888. The number of rotatable bonds is 3. The Morgan fingerprint density at radius 1 is 1.14 bits per heavy atom. The lowest BCUT2D eigenvalue weighted by atomic mass is 9.83. The van der Waals surface area contributed by atoms with Crippen molar-refractivity contribution < 1.29 is 5.11 Å². The Morgan fingerprint density at radius 2 is 1.90 bits per heavy atom. The zero-order chi connectivity index (χ0) is 20.4. The molecule has 3 N–H and O–H groups in total. The number of aliphatic hydroxyl groups is 1. The number of hydrogen-bond acceptors (Lipinski definition) is 4. The van der Waals surface area contributed by atoms with Crippen LogP contribution >= 0.6 is 0 Å². The third-order valence-corrected chi connectivity index (χ3v) is 6.02. The fourth-order valence-corrected chi connectivity index (χ4v) is 4.48. The van der Waals surface area contributed by atoms with Gasteiger partial charge >= 0.3 is 0 Å². The quantitative estimate of drug-likeness (QED) is 0.620. The van der Waals surface area contributed by atoms with Gasteiger partial charge in [0.25, 0.3) is 0 Å². The molecule has 1 fully saturated rings. The lowest BCUT2D eigenvalue weighted by Gasteiger charge is -2.32. The largest absolute Gasteiger partial charge is 0.396 e. The van der Waals surface area contributed by atoms with Crippen molar-refractivity contribution in [3.05, 3.63) is 78.8 Å². The minimum atomic E-state index is -0.318. The van der Waals surface area contributed by atoms with Gasteiger partial charge in [-0.1, -0.05) is 50.8 Å². The molecule has 0 aliphatic carbocycles. The lowest BCUT2D eigenvalue weighted by molar-refractivity contribution is 0.205. The van der Waals surface area contributed by atoms with Crippen molar-refractivity contribution in [1.29, 1.82) is 0 Å². The van der Waals surface area contributed by atoms with E-state index in [1.165, 1.54) is 5.56 Å². The summed E-state index contributed by atoms with van der Waals surface area (Å²) in [7, 11) is 0. The molecule has 29 heavy (non-hydrogen) atoms. The zero-order valence-corrected chi connectivity index (χ0v) is 17.0. The molecule has 0 amide bonds. The first-order valence-corrected chi connectivity index (χ1v) is 10.2. The summed E-state index contributed by atoms with van der Waals surface area (Å²) in [5, 5.41) is 20.6. The Hall–Kier alpha value is -3.05. The molecule has 1 saturated heterocycles. The van der Waals surface area contributed by atoms with Crippen LogP contribution in [0.4, 0.5) is 11.4 Å². The number of para-hydroxylation sites is 1. The van der Waals surface area contributed by atoms with E-state index >= 15 is 0 Å². The number of nitrogens with one attached hydrogen (secondary N) is 2. The second-order valence-electron chi connectivity index (χ2n) is 7.40. The molecular formula is C24H28N4O. The van der Waals surface area contributed by atoms with Crippen LogP contribution in [-0.2, 0) is 6.42 Å². The fourth-order valence-electron chi connectivity index (χ4n) is 4.48. The normalized spacial score (nSPS) is 22.2. The molecule has 2 atom stereocenters. The smallest absolute Gasteiger partial charge is 0.0878 e. The number of hydrogen-bond donors (Lipinski definition) is 3. The number of anilines is 2. The van der Waals surface area contributed by atoms with Crippen molar-refractivity contribution in [2.75, 3.05) is 23.4 Å². The second-order valence-corrected chi connectivity index (χ2v) is 7.40. The first-order valence-electron chi connectivity index (χ1n) is 10.2. The minimum Gasteiger partial charge on any atom is -0.396 e. The van der Waals surface area contributed by atoms with Gasteiger partial charge in [0.05, 0.1) is 18.3 Å². The topological polar surface area (TPSA) is 64.2 Å². The van der Waals surface area contributed by atoms with Gasteiger partial charge < -0.3 is 15.3 Å². The first kappa shape index (κ1) is 19.3. The van der Waals surface area contributed by atoms with Crippen LogP contribution in [0.15, 0.2) is 73.2 Å². The van der Waals surface area contributed by atoms with Gasteiger partial charge in [0.15, 0.2) is 0 Å². The van der Waals surface area contributed by atoms with Crippen LogP contribution in [0.5, 0.6) is 0 Å². The first-order chi connectivity index (χ1) is 14.2. The summed E-state index contributed by atoms with van der Waals surface area (Å²) in [4.78, 5) is 2.24. The summed E-state index contributed by atoms with van der Waals surface area (Å²) < 4.78 is 0. The van der Waals surface area contributed by atoms with E-state index in [1.807, 2.05) is 32.3 Å². The Bertz CT molecular complexity index is 953. The molecule has 1 aromatic heterocycles. The molecule has 0 saturated carbocycles. The van der Waals surface area contributed by atoms with E-state index in [0.29, 0.717) is 0 Å². The molecule has 5 heteroatoms. The van der Waals surface area contributed by atoms with Gasteiger partial charge in [-0.15, -0.1) is 0 Å². The number of fused-ring (bicyclic) bond motifs is 1. The molecule has 2 aromatic carbocycles. The van der Waals surface area contributed by atoms with E-state index in [2.05, 4.69) is 69.5 Å². The molecule has 0 bridgehead atoms. The predicted molar refractivity (Wildman–Crippen MR) is 119 cm³/mol. The highest BCUT2D eigenvalue weighted by molar-refractivity contribution is 5.70. The Balaban J connectivity index is 0.000000994. The monoisotopic (exact) mass is 388 g/mol. The van der Waals surface area contributed by atoms with Gasteiger partial charge in [0.2, 0.25) is 0 Å².